The fourth-order valence-corrected chi connectivity index (χ4v) is 2.22. The Morgan fingerprint density at radius 3 is 2.26 bits per heavy atom. The number of hydrogen-bond donors (Lipinski definition) is 0. The molecule has 0 aliphatic carbocycles. The highest BCUT2D eigenvalue weighted by Crippen LogP contribution is 2.18. The number of ether oxygens (including phenoxy) is 2. The van der Waals surface area contributed by atoms with Gasteiger partial charge in [0.05, 0.1) is 6.61 Å². The van der Waals surface area contributed by atoms with Gasteiger partial charge in [-0.2, -0.15) is 0 Å². The fourth-order valence-electron chi connectivity index (χ4n) is 2.02. The van der Waals surface area contributed by atoms with E-state index >= 15 is 0 Å². The van der Waals surface area contributed by atoms with Crippen LogP contribution in [0, 0.1) is 0 Å². The zero-order valence-electron chi connectivity index (χ0n) is 13.3. The smallest absolute Gasteiger partial charge is 0.260 e. The van der Waals surface area contributed by atoms with Crippen LogP contribution in [0.5, 0.6) is 11.5 Å². The molecular weight excluding hydrogens is 314 g/mol. The van der Waals surface area contributed by atoms with Crippen LogP contribution in [0.25, 0.3) is 0 Å². The number of benzene rings is 2. The van der Waals surface area contributed by atoms with E-state index in [9.17, 15) is 4.79 Å². The Balaban J connectivity index is 1.85. The predicted octanol–water partition coefficient (Wildman–Crippen LogP) is 3.78. The van der Waals surface area contributed by atoms with E-state index in [1.54, 1.807) is 24.1 Å². The molecule has 0 atom stereocenters. The third-order valence-corrected chi connectivity index (χ3v) is 3.66. The zero-order valence-corrected chi connectivity index (χ0v) is 14.0. The lowest BCUT2D eigenvalue weighted by molar-refractivity contribution is -0.132. The van der Waals surface area contributed by atoms with Gasteiger partial charge < -0.3 is 14.4 Å². The molecule has 0 heterocycles. The van der Waals surface area contributed by atoms with Crippen molar-refractivity contribution in [3.8, 4) is 11.5 Å². The van der Waals surface area contributed by atoms with E-state index < -0.39 is 0 Å². The van der Waals surface area contributed by atoms with Gasteiger partial charge in [-0.15, -0.1) is 0 Å². The molecule has 1 amide bonds. The van der Waals surface area contributed by atoms with Crippen molar-refractivity contribution in [3.05, 3.63) is 59.1 Å². The van der Waals surface area contributed by atoms with Crippen molar-refractivity contribution >= 4 is 17.5 Å². The van der Waals surface area contributed by atoms with Gasteiger partial charge in [0.15, 0.2) is 6.61 Å². The van der Waals surface area contributed by atoms with Crippen LogP contribution in [0.3, 0.4) is 0 Å². The Hall–Kier alpha value is -2.20. The van der Waals surface area contributed by atoms with Gasteiger partial charge >= 0.3 is 0 Å². The molecule has 0 aliphatic rings. The molecule has 2 aromatic carbocycles. The lowest BCUT2D eigenvalue weighted by atomic mass is 10.2. The van der Waals surface area contributed by atoms with Crippen molar-refractivity contribution in [2.75, 3.05) is 20.3 Å². The maximum Gasteiger partial charge on any atom is 0.260 e. The molecule has 0 fully saturated rings. The van der Waals surface area contributed by atoms with Gasteiger partial charge in [0.2, 0.25) is 0 Å². The molecule has 2 rings (SSSR count). The summed E-state index contributed by atoms with van der Waals surface area (Å²) < 4.78 is 10.9. The van der Waals surface area contributed by atoms with Crippen molar-refractivity contribution in [1.29, 1.82) is 0 Å². The molecule has 0 saturated carbocycles. The van der Waals surface area contributed by atoms with Crippen LogP contribution in [-0.2, 0) is 11.3 Å². The van der Waals surface area contributed by atoms with Gasteiger partial charge in [0, 0.05) is 18.6 Å². The van der Waals surface area contributed by atoms with Crippen LogP contribution in [0.2, 0.25) is 5.02 Å². The van der Waals surface area contributed by atoms with Gasteiger partial charge in [-0.3, -0.25) is 4.79 Å². The number of carbonyl (C=O) groups is 1. The summed E-state index contributed by atoms with van der Waals surface area (Å²) in [5.74, 6) is 1.30. The summed E-state index contributed by atoms with van der Waals surface area (Å²) in [7, 11) is 1.73. The van der Waals surface area contributed by atoms with Crippen LogP contribution < -0.4 is 9.47 Å². The van der Waals surface area contributed by atoms with Crippen molar-refractivity contribution < 1.29 is 14.3 Å². The third-order valence-electron chi connectivity index (χ3n) is 3.29. The predicted molar refractivity (Wildman–Crippen MR) is 91.0 cm³/mol. The molecule has 0 aliphatic heterocycles. The minimum atomic E-state index is -0.112. The summed E-state index contributed by atoms with van der Waals surface area (Å²) in [5.41, 5.74) is 0.908. The number of likely N-dealkylation sites (N-methyl/N-ethyl adjacent to an activating group) is 1. The van der Waals surface area contributed by atoms with Gasteiger partial charge in [0.1, 0.15) is 11.5 Å². The van der Waals surface area contributed by atoms with E-state index in [1.807, 2.05) is 43.3 Å². The van der Waals surface area contributed by atoms with Crippen LogP contribution in [0.4, 0.5) is 0 Å². The molecule has 0 radical (unpaired) electrons. The normalized spacial score (nSPS) is 10.2. The standard InChI is InChI=1S/C18H20ClNO3/c1-3-22-15-8-10-16(11-9-15)23-13-18(21)20(2)12-14-6-4-5-7-17(14)19/h4-11H,3,12-13H2,1-2H3. The molecule has 4 nitrogen and oxygen atoms in total. The first kappa shape index (κ1) is 17.2. The summed E-state index contributed by atoms with van der Waals surface area (Å²) in [5, 5.41) is 0.652. The lowest BCUT2D eigenvalue weighted by Gasteiger charge is -2.18. The van der Waals surface area contributed by atoms with E-state index in [0.29, 0.717) is 23.9 Å². The Kier molecular flexibility index (Phi) is 6.29. The number of halogens is 1. The maximum atomic E-state index is 12.1. The van der Waals surface area contributed by atoms with Crippen molar-refractivity contribution in [3.63, 3.8) is 0 Å². The molecule has 0 N–H and O–H groups in total. The SMILES string of the molecule is CCOc1ccc(OCC(=O)N(C)Cc2ccccc2Cl)cc1. The first-order chi connectivity index (χ1) is 11.1. The molecule has 0 unspecified atom stereocenters. The molecule has 23 heavy (non-hydrogen) atoms. The number of hydrogen-bond acceptors (Lipinski definition) is 3. The van der Waals surface area contributed by atoms with E-state index in [0.717, 1.165) is 11.3 Å². The van der Waals surface area contributed by atoms with Gasteiger partial charge in [-0.1, -0.05) is 29.8 Å². The topological polar surface area (TPSA) is 38.8 Å². The Morgan fingerprint density at radius 2 is 1.65 bits per heavy atom. The quantitative estimate of drug-likeness (QED) is 0.774. The molecule has 0 bridgehead atoms. The molecule has 2 aromatic rings. The fraction of sp³-hybridized carbons (Fsp3) is 0.278. The van der Waals surface area contributed by atoms with E-state index in [1.165, 1.54) is 0 Å². The van der Waals surface area contributed by atoms with Crippen LogP contribution >= 0.6 is 11.6 Å². The number of carbonyl (C=O) groups excluding carboxylic acids is 1. The number of amides is 1. The van der Waals surface area contributed by atoms with E-state index in [-0.39, 0.29) is 12.5 Å². The maximum absolute atomic E-state index is 12.1. The highest BCUT2D eigenvalue weighted by Gasteiger charge is 2.11. The van der Waals surface area contributed by atoms with Gasteiger partial charge in [-0.25, -0.2) is 0 Å². The Bertz CT molecular complexity index is 643. The monoisotopic (exact) mass is 333 g/mol. The molecule has 0 spiro atoms. The molecule has 0 saturated heterocycles. The molecular formula is C18H20ClNO3. The highest BCUT2D eigenvalue weighted by atomic mass is 35.5. The summed E-state index contributed by atoms with van der Waals surface area (Å²) >= 11 is 6.11. The second-order valence-electron chi connectivity index (χ2n) is 5.03. The average Bonchev–Trinajstić information content (AvgIpc) is 2.56. The van der Waals surface area contributed by atoms with E-state index in [4.69, 9.17) is 21.1 Å². The molecule has 5 heteroatoms. The Labute approximate surface area is 141 Å². The van der Waals surface area contributed by atoms with Crippen LogP contribution in [0.15, 0.2) is 48.5 Å². The van der Waals surface area contributed by atoms with Crippen molar-refractivity contribution in [2.24, 2.45) is 0 Å². The minimum Gasteiger partial charge on any atom is -0.494 e. The van der Waals surface area contributed by atoms with Gasteiger partial charge in [0.25, 0.3) is 5.91 Å². The van der Waals surface area contributed by atoms with Crippen molar-refractivity contribution in [2.45, 2.75) is 13.5 Å². The van der Waals surface area contributed by atoms with Crippen LogP contribution in [0.1, 0.15) is 12.5 Å². The lowest BCUT2D eigenvalue weighted by Crippen LogP contribution is -2.31. The van der Waals surface area contributed by atoms with Crippen LogP contribution in [-0.4, -0.2) is 31.1 Å². The summed E-state index contributed by atoms with van der Waals surface area (Å²) in [4.78, 5) is 13.7. The summed E-state index contributed by atoms with van der Waals surface area (Å²) in [6.07, 6.45) is 0. The largest absolute Gasteiger partial charge is 0.494 e. The van der Waals surface area contributed by atoms with E-state index in [2.05, 4.69) is 0 Å². The Morgan fingerprint density at radius 1 is 1.04 bits per heavy atom. The first-order valence-electron chi connectivity index (χ1n) is 7.43. The second kappa shape index (κ2) is 8.44. The zero-order chi connectivity index (χ0) is 16.7. The molecule has 122 valence electrons. The third kappa shape index (κ3) is 5.18. The highest BCUT2D eigenvalue weighted by molar-refractivity contribution is 6.31. The summed E-state index contributed by atoms with van der Waals surface area (Å²) in [6.45, 7) is 2.98. The first-order valence-corrected chi connectivity index (χ1v) is 7.81. The number of nitrogens with zero attached hydrogens (tertiary/aromatic N) is 1. The van der Waals surface area contributed by atoms with Gasteiger partial charge in [-0.05, 0) is 42.8 Å². The number of rotatable bonds is 7. The average molecular weight is 334 g/mol. The van der Waals surface area contributed by atoms with Crippen molar-refractivity contribution in [1.82, 2.24) is 4.90 Å². The summed E-state index contributed by atoms with van der Waals surface area (Å²) in [6, 6.07) is 14.7. The minimum absolute atomic E-state index is 0.0189. The molecule has 0 aromatic heterocycles. The second-order valence-corrected chi connectivity index (χ2v) is 5.44.